The standard InChI is InChI=1S/C15H13N3S/c16-15(19)13-2-1-3-14-12(13)6-9-18(14)10-11-4-7-17-8-5-11/h1-9H,10H2,(H2,16,19). The number of aromatic nitrogens is 2. The summed E-state index contributed by atoms with van der Waals surface area (Å²) in [6.45, 7) is 0.812. The van der Waals surface area contributed by atoms with Crippen LogP contribution < -0.4 is 5.73 Å². The number of fused-ring (bicyclic) bond motifs is 1. The minimum atomic E-state index is 0.437. The van der Waals surface area contributed by atoms with Gasteiger partial charge >= 0.3 is 0 Å². The Morgan fingerprint density at radius 3 is 2.68 bits per heavy atom. The Morgan fingerprint density at radius 1 is 1.16 bits per heavy atom. The molecule has 2 heterocycles. The van der Waals surface area contributed by atoms with Crippen LogP contribution in [0.15, 0.2) is 55.0 Å². The quantitative estimate of drug-likeness (QED) is 0.742. The van der Waals surface area contributed by atoms with Crippen molar-refractivity contribution in [2.24, 2.45) is 5.73 Å². The molecule has 0 fully saturated rings. The molecule has 0 bridgehead atoms. The maximum Gasteiger partial charge on any atom is 0.104 e. The summed E-state index contributed by atoms with van der Waals surface area (Å²) in [6, 6.07) is 12.1. The lowest BCUT2D eigenvalue weighted by Gasteiger charge is -2.06. The van der Waals surface area contributed by atoms with E-state index in [1.54, 1.807) is 0 Å². The molecule has 0 saturated heterocycles. The second-order valence-corrected chi connectivity index (χ2v) is 4.84. The lowest BCUT2D eigenvalue weighted by molar-refractivity contribution is 0.835. The zero-order chi connectivity index (χ0) is 13.2. The fourth-order valence-electron chi connectivity index (χ4n) is 2.26. The van der Waals surface area contributed by atoms with Gasteiger partial charge in [-0.3, -0.25) is 4.98 Å². The van der Waals surface area contributed by atoms with Crippen molar-refractivity contribution in [3.63, 3.8) is 0 Å². The Bertz CT molecular complexity index is 731. The monoisotopic (exact) mass is 267 g/mol. The van der Waals surface area contributed by atoms with Crippen LogP contribution in [0.1, 0.15) is 11.1 Å². The average Bonchev–Trinajstić information content (AvgIpc) is 2.83. The highest BCUT2D eigenvalue weighted by molar-refractivity contribution is 7.80. The number of rotatable bonds is 3. The summed E-state index contributed by atoms with van der Waals surface area (Å²) in [4.78, 5) is 4.47. The van der Waals surface area contributed by atoms with E-state index in [1.807, 2.05) is 36.7 Å². The minimum absolute atomic E-state index is 0.437. The van der Waals surface area contributed by atoms with E-state index in [2.05, 4.69) is 27.9 Å². The fourth-order valence-corrected chi connectivity index (χ4v) is 2.44. The molecule has 0 spiro atoms. The molecular formula is C15H13N3S. The molecule has 0 saturated carbocycles. The van der Waals surface area contributed by atoms with Crippen molar-refractivity contribution in [2.45, 2.75) is 6.54 Å². The summed E-state index contributed by atoms with van der Waals surface area (Å²) >= 11 is 5.09. The molecule has 3 nitrogen and oxygen atoms in total. The third-order valence-corrected chi connectivity index (χ3v) is 3.40. The maximum absolute atomic E-state index is 5.76. The van der Waals surface area contributed by atoms with Gasteiger partial charge in [-0.1, -0.05) is 24.4 Å². The molecule has 2 N–H and O–H groups in total. The molecule has 0 aliphatic rings. The summed E-state index contributed by atoms with van der Waals surface area (Å²) in [7, 11) is 0. The van der Waals surface area contributed by atoms with Gasteiger partial charge in [0.25, 0.3) is 0 Å². The molecule has 19 heavy (non-hydrogen) atoms. The molecule has 0 unspecified atom stereocenters. The maximum atomic E-state index is 5.76. The number of pyridine rings is 1. The molecule has 2 aromatic heterocycles. The van der Waals surface area contributed by atoms with Crippen LogP contribution >= 0.6 is 12.2 Å². The zero-order valence-electron chi connectivity index (χ0n) is 10.3. The summed E-state index contributed by atoms with van der Waals surface area (Å²) in [5.74, 6) is 0. The van der Waals surface area contributed by atoms with Gasteiger partial charge in [-0.15, -0.1) is 0 Å². The van der Waals surface area contributed by atoms with Gasteiger partial charge in [-0.25, -0.2) is 0 Å². The molecule has 0 radical (unpaired) electrons. The Hall–Kier alpha value is -2.20. The molecule has 94 valence electrons. The first kappa shape index (κ1) is 11.9. The van der Waals surface area contributed by atoms with Gasteiger partial charge < -0.3 is 10.3 Å². The van der Waals surface area contributed by atoms with Crippen LogP contribution in [0.4, 0.5) is 0 Å². The first-order valence-electron chi connectivity index (χ1n) is 6.02. The molecule has 3 aromatic rings. The van der Waals surface area contributed by atoms with E-state index < -0.39 is 0 Å². The first-order valence-corrected chi connectivity index (χ1v) is 6.43. The highest BCUT2D eigenvalue weighted by Crippen LogP contribution is 2.21. The summed E-state index contributed by atoms with van der Waals surface area (Å²) in [5, 5.41) is 1.10. The van der Waals surface area contributed by atoms with Crippen LogP contribution in [0.25, 0.3) is 10.9 Å². The summed E-state index contributed by atoms with van der Waals surface area (Å²) < 4.78 is 2.19. The number of benzene rings is 1. The molecule has 0 amide bonds. The van der Waals surface area contributed by atoms with Crippen molar-refractivity contribution in [3.05, 3.63) is 66.1 Å². The topological polar surface area (TPSA) is 43.8 Å². The predicted octanol–water partition coefficient (Wildman–Crippen LogP) is 2.72. The van der Waals surface area contributed by atoms with Crippen molar-refractivity contribution in [1.82, 2.24) is 9.55 Å². The van der Waals surface area contributed by atoms with Crippen LogP contribution in [0.5, 0.6) is 0 Å². The minimum Gasteiger partial charge on any atom is -0.389 e. The van der Waals surface area contributed by atoms with Gasteiger partial charge in [0.1, 0.15) is 4.99 Å². The van der Waals surface area contributed by atoms with E-state index >= 15 is 0 Å². The van der Waals surface area contributed by atoms with Gasteiger partial charge in [0.15, 0.2) is 0 Å². The highest BCUT2D eigenvalue weighted by Gasteiger charge is 2.07. The third-order valence-electron chi connectivity index (χ3n) is 3.18. The first-order chi connectivity index (χ1) is 9.25. The van der Waals surface area contributed by atoms with Gasteiger partial charge in [0.2, 0.25) is 0 Å². The molecule has 3 rings (SSSR count). The number of thiocarbonyl (C=S) groups is 1. The Balaban J connectivity index is 2.07. The Kier molecular flexibility index (Phi) is 3.01. The van der Waals surface area contributed by atoms with Gasteiger partial charge in [-0.2, -0.15) is 0 Å². The second-order valence-electron chi connectivity index (χ2n) is 4.40. The predicted molar refractivity (Wildman–Crippen MR) is 81.2 cm³/mol. The van der Waals surface area contributed by atoms with Gasteiger partial charge in [0, 0.05) is 41.6 Å². The summed E-state index contributed by atoms with van der Waals surface area (Å²) in [5.41, 5.74) is 9.04. The third kappa shape index (κ3) is 2.22. The SMILES string of the molecule is NC(=S)c1cccc2c1ccn2Cc1ccncc1. The van der Waals surface area contributed by atoms with E-state index in [9.17, 15) is 0 Å². The molecule has 0 aliphatic carbocycles. The molecular weight excluding hydrogens is 254 g/mol. The number of hydrogen-bond acceptors (Lipinski definition) is 2. The number of hydrogen-bond donors (Lipinski definition) is 1. The van der Waals surface area contributed by atoms with E-state index in [1.165, 1.54) is 5.56 Å². The lowest BCUT2D eigenvalue weighted by atomic mass is 10.1. The van der Waals surface area contributed by atoms with Crippen LogP contribution in [0.2, 0.25) is 0 Å². The summed E-state index contributed by atoms with van der Waals surface area (Å²) in [6.07, 6.45) is 5.68. The van der Waals surface area contributed by atoms with Crippen LogP contribution in [-0.4, -0.2) is 14.5 Å². The van der Waals surface area contributed by atoms with E-state index in [4.69, 9.17) is 18.0 Å². The zero-order valence-corrected chi connectivity index (χ0v) is 11.1. The van der Waals surface area contributed by atoms with Gasteiger partial charge in [-0.05, 0) is 29.8 Å². The molecule has 4 heteroatoms. The molecule has 0 atom stereocenters. The normalized spacial score (nSPS) is 10.7. The van der Waals surface area contributed by atoms with Crippen molar-refractivity contribution < 1.29 is 0 Å². The van der Waals surface area contributed by atoms with E-state index in [-0.39, 0.29) is 0 Å². The number of nitrogens with two attached hydrogens (primary N) is 1. The molecule has 0 aliphatic heterocycles. The molecule has 1 aromatic carbocycles. The average molecular weight is 267 g/mol. The Morgan fingerprint density at radius 2 is 1.95 bits per heavy atom. The van der Waals surface area contributed by atoms with Crippen molar-refractivity contribution >= 4 is 28.1 Å². The smallest absolute Gasteiger partial charge is 0.104 e. The largest absolute Gasteiger partial charge is 0.389 e. The van der Waals surface area contributed by atoms with Crippen molar-refractivity contribution in [1.29, 1.82) is 0 Å². The van der Waals surface area contributed by atoms with E-state index in [0.29, 0.717) is 4.99 Å². The van der Waals surface area contributed by atoms with E-state index in [0.717, 1.165) is 23.0 Å². The van der Waals surface area contributed by atoms with Crippen molar-refractivity contribution in [2.75, 3.05) is 0 Å². The van der Waals surface area contributed by atoms with Crippen LogP contribution in [-0.2, 0) is 6.54 Å². The van der Waals surface area contributed by atoms with Gasteiger partial charge in [0.05, 0.1) is 0 Å². The van der Waals surface area contributed by atoms with Crippen molar-refractivity contribution in [3.8, 4) is 0 Å². The van der Waals surface area contributed by atoms with Crippen LogP contribution in [0.3, 0.4) is 0 Å². The number of nitrogens with zero attached hydrogens (tertiary/aromatic N) is 2. The second kappa shape index (κ2) is 4.82. The highest BCUT2D eigenvalue weighted by atomic mass is 32.1. The lowest BCUT2D eigenvalue weighted by Crippen LogP contribution is -2.09. The fraction of sp³-hybridized carbons (Fsp3) is 0.0667. The van der Waals surface area contributed by atoms with Crippen LogP contribution in [0, 0.1) is 0 Å². The Labute approximate surface area is 116 Å².